The summed E-state index contributed by atoms with van der Waals surface area (Å²) in [5.74, 6) is 0.475. The van der Waals surface area contributed by atoms with Gasteiger partial charge in [-0.25, -0.2) is 14.5 Å². The second kappa shape index (κ2) is 10.5. The Labute approximate surface area is 241 Å². The number of hydrogen-bond donors (Lipinski definition) is 3. The van der Waals surface area contributed by atoms with Gasteiger partial charge >= 0.3 is 7.82 Å². The summed E-state index contributed by atoms with van der Waals surface area (Å²) < 4.78 is 18.5. The van der Waals surface area contributed by atoms with Crippen molar-refractivity contribution in [1.82, 2.24) is 14.5 Å². The van der Waals surface area contributed by atoms with E-state index in [-0.39, 0.29) is 17.6 Å². The fourth-order valence-corrected chi connectivity index (χ4v) is 7.74. The van der Waals surface area contributed by atoms with E-state index in [4.69, 9.17) is 4.52 Å². The predicted octanol–water partition coefficient (Wildman–Crippen LogP) is 5.56. The maximum Gasteiger partial charge on any atom is 0.469 e. The number of thiophene rings is 1. The molecule has 6 rings (SSSR count). The molecule has 1 aliphatic carbocycles. The summed E-state index contributed by atoms with van der Waals surface area (Å²) in [5, 5.41) is 3.07. The predicted molar refractivity (Wildman–Crippen MR) is 160 cm³/mol. The van der Waals surface area contributed by atoms with Crippen molar-refractivity contribution in [2.75, 3.05) is 16.8 Å². The first-order valence-electron chi connectivity index (χ1n) is 13.5. The van der Waals surface area contributed by atoms with Crippen LogP contribution < -0.4 is 15.8 Å². The zero-order chi connectivity index (χ0) is 28.9. The highest BCUT2D eigenvalue weighted by molar-refractivity contribution is 7.46. The van der Waals surface area contributed by atoms with Gasteiger partial charge in [0.2, 0.25) is 0 Å². The molecule has 10 nitrogen and oxygen atoms in total. The number of phosphoric acid groups is 1. The molecule has 0 bridgehead atoms. The largest absolute Gasteiger partial charge is 0.469 e. The molecule has 1 aliphatic heterocycles. The van der Waals surface area contributed by atoms with Crippen LogP contribution in [0.3, 0.4) is 0 Å². The molecule has 0 atom stereocenters. The molecule has 2 aliphatic rings. The zero-order valence-corrected chi connectivity index (χ0v) is 24.8. The maximum atomic E-state index is 13.0. The Morgan fingerprint density at radius 1 is 1.22 bits per heavy atom. The van der Waals surface area contributed by atoms with Crippen molar-refractivity contribution in [3.05, 3.63) is 80.3 Å². The monoisotopic (exact) mass is 593 g/mol. The van der Waals surface area contributed by atoms with Crippen LogP contribution in [0.15, 0.2) is 53.8 Å². The van der Waals surface area contributed by atoms with Gasteiger partial charge in [-0.15, -0.1) is 11.3 Å². The molecule has 12 heteroatoms. The van der Waals surface area contributed by atoms with Crippen LogP contribution in [0.4, 0.5) is 22.9 Å². The first-order chi connectivity index (χ1) is 19.5. The number of pyridine rings is 1. The van der Waals surface area contributed by atoms with Crippen LogP contribution in [-0.2, 0) is 41.0 Å². The van der Waals surface area contributed by atoms with Gasteiger partial charge in [-0.2, -0.15) is 0 Å². The quantitative estimate of drug-likeness (QED) is 0.236. The number of rotatable bonds is 7. The van der Waals surface area contributed by atoms with E-state index in [9.17, 15) is 19.1 Å². The van der Waals surface area contributed by atoms with Crippen molar-refractivity contribution in [2.24, 2.45) is 7.05 Å². The highest BCUT2D eigenvalue weighted by atomic mass is 32.1. The van der Waals surface area contributed by atoms with Crippen LogP contribution in [0, 0.1) is 0 Å². The molecule has 0 fully saturated rings. The number of aryl methyl sites for hydroxylation is 2. The van der Waals surface area contributed by atoms with Crippen LogP contribution >= 0.6 is 19.2 Å². The van der Waals surface area contributed by atoms with Gasteiger partial charge in [0.25, 0.3) is 5.56 Å². The standard InChI is InChI=1S/C29H32N5O5PS/c1-29(2)11-9-20-26-24(41-27(20)29)8-5-13-34(26)23-7-4-6-19(21(23)16-39-40(36,37)38)18-14-22(28(35)33(3)15-18)32-25-10-12-30-17-31-25/h4,6-7,10,12,14-15,17H,5,8-9,11,13,16H2,1-3H3,(H,30,31,32)(H2,36,37,38). The average Bonchev–Trinajstić information content (AvgIpc) is 3.46. The molecule has 214 valence electrons. The number of aromatic nitrogens is 3. The number of hydrogen-bond acceptors (Lipinski definition) is 8. The molecular formula is C29H32N5O5PS. The average molecular weight is 594 g/mol. The fourth-order valence-electron chi connectivity index (χ4n) is 5.92. The number of anilines is 4. The first-order valence-corrected chi connectivity index (χ1v) is 15.8. The zero-order valence-electron chi connectivity index (χ0n) is 23.1. The van der Waals surface area contributed by atoms with Gasteiger partial charge in [-0.05, 0) is 60.4 Å². The van der Waals surface area contributed by atoms with Gasteiger partial charge in [0, 0.05) is 52.6 Å². The number of nitrogens with one attached hydrogen (secondary N) is 1. The molecule has 1 aromatic carbocycles. The molecule has 4 heterocycles. The summed E-state index contributed by atoms with van der Waals surface area (Å²) in [6.45, 7) is 5.10. The van der Waals surface area contributed by atoms with Gasteiger partial charge in [-0.3, -0.25) is 9.32 Å². The third-order valence-corrected chi connectivity index (χ3v) is 9.99. The van der Waals surface area contributed by atoms with Crippen molar-refractivity contribution in [1.29, 1.82) is 0 Å². The van der Waals surface area contributed by atoms with Gasteiger partial charge in [0.1, 0.15) is 17.8 Å². The Hall–Kier alpha value is -3.34. The summed E-state index contributed by atoms with van der Waals surface area (Å²) in [7, 11) is -3.09. The van der Waals surface area contributed by atoms with Crippen LogP contribution in [0.1, 0.15) is 47.6 Å². The highest BCUT2D eigenvalue weighted by Gasteiger charge is 2.38. The number of fused-ring (bicyclic) bond motifs is 3. The van der Waals surface area contributed by atoms with Crippen molar-refractivity contribution < 1.29 is 18.9 Å². The van der Waals surface area contributed by atoms with E-state index in [2.05, 4.69) is 34.0 Å². The van der Waals surface area contributed by atoms with E-state index in [1.807, 2.05) is 29.5 Å². The first kappa shape index (κ1) is 27.8. The Kier molecular flexibility index (Phi) is 7.12. The Morgan fingerprint density at radius 3 is 2.80 bits per heavy atom. The van der Waals surface area contributed by atoms with Gasteiger partial charge in [0.05, 0.1) is 12.3 Å². The van der Waals surface area contributed by atoms with E-state index in [0.717, 1.165) is 43.5 Å². The van der Waals surface area contributed by atoms with E-state index >= 15 is 0 Å². The summed E-state index contributed by atoms with van der Waals surface area (Å²) in [6.07, 6.45) is 8.81. The van der Waals surface area contributed by atoms with Crippen molar-refractivity contribution in [3.8, 4) is 11.1 Å². The molecule has 0 spiro atoms. The van der Waals surface area contributed by atoms with E-state index < -0.39 is 7.82 Å². The van der Waals surface area contributed by atoms with Gasteiger partial charge < -0.3 is 24.6 Å². The molecule has 0 saturated heterocycles. The number of nitrogens with zero attached hydrogens (tertiary/aromatic N) is 4. The third kappa shape index (κ3) is 5.36. The van der Waals surface area contributed by atoms with E-state index in [1.165, 1.54) is 31.9 Å². The lowest BCUT2D eigenvalue weighted by atomic mass is 9.93. The molecule has 4 aromatic rings. The highest BCUT2D eigenvalue weighted by Crippen LogP contribution is 2.53. The summed E-state index contributed by atoms with van der Waals surface area (Å²) >= 11 is 1.91. The molecular weight excluding hydrogens is 561 g/mol. The topological polar surface area (TPSA) is 130 Å². The molecule has 0 saturated carbocycles. The Bertz CT molecular complexity index is 1730. The second-order valence-electron chi connectivity index (χ2n) is 11.2. The van der Waals surface area contributed by atoms with Crippen molar-refractivity contribution in [2.45, 2.75) is 51.6 Å². The SMILES string of the molecule is Cn1cc(-c2cccc(N3CCCc4sc5c(c43)CCC5(C)C)c2COP(=O)(O)O)cc(Nc2ccncn2)c1=O. The second-order valence-corrected chi connectivity index (χ2v) is 13.5. The van der Waals surface area contributed by atoms with Crippen molar-refractivity contribution >= 4 is 42.0 Å². The minimum absolute atomic E-state index is 0.138. The third-order valence-electron chi connectivity index (χ3n) is 7.88. The minimum Gasteiger partial charge on any atom is -0.340 e. The van der Waals surface area contributed by atoms with Gasteiger partial charge in [0.15, 0.2) is 0 Å². The fraction of sp³-hybridized carbons (Fsp3) is 0.345. The Morgan fingerprint density at radius 2 is 2.05 bits per heavy atom. The molecule has 41 heavy (non-hydrogen) atoms. The molecule has 3 aromatic heterocycles. The van der Waals surface area contributed by atoms with Crippen LogP contribution in [0.2, 0.25) is 0 Å². The lowest BCUT2D eigenvalue weighted by molar-refractivity contribution is 0.189. The number of phosphoric ester groups is 1. The minimum atomic E-state index is -4.76. The van der Waals surface area contributed by atoms with Gasteiger partial charge in [-0.1, -0.05) is 26.0 Å². The van der Waals surface area contributed by atoms with E-state index in [1.54, 1.807) is 31.6 Å². The molecule has 0 radical (unpaired) electrons. The van der Waals surface area contributed by atoms with Crippen molar-refractivity contribution in [3.63, 3.8) is 0 Å². The molecule has 0 unspecified atom stereocenters. The summed E-state index contributed by atoms with van der Waals surface area (Å²) in [4.78, 5) is 45.5. The number of benzene rings is 1. The van der Waals surface area contributed by atoms with Crippen LogP contribution in [0.5, 0.6) is 0 Å². The Balaban J connectivity index is 1.50. The van der Waals surface area contributed by atoms with Crippen LogP contribution in [-0.4, -0.2) is 30.9 Å². The summed E-state index contributed by atoms with van der Waals surface area (Å²) in [5.41, 5.74) is 5.75. The molecule has 3 N–H and O–H groups in total. The molecule has 0 amide bonds. The lowest BCUT2D eigenvalue weighted by Crippen LogP contribution is -2.25. The normalized spacial score (nSPS) is 16.0. The maximum absolute atomic E-state index is 13.0. The van der Waals surface area contributed by atoms with E-state index in [0.29, 0.717) is 22.6 Å². The van der Waals surface area contributed by atoms with Crippen LogP contribution in [0.25, 0.3) is 11.1 Å². The summed E-state index contributed by atoms with van der Waals surface area (Å²) in [6, 6.07) is 9.22. The lowest BCUT2D eigenvalue weighted by Gasteiger charge is -2.33. The smallest absolute Gasteiger partial charge is 0.340 e.